The van der Waals surface area contributed by atoms with Crippen LogP contribution in [0.1, 0.15) is 34.9 Å². The topological polar surface area (TPSA) is 94.0 Å². The second-order valence-electron chi connectivity index (χ2n) is 5.73. The highest BCUT2D eigenvalue weighted by Gasteiger charge is 2.28. The van der Waals surface area contributed by atoms with Gasteiger partial charge in [-0.05, 0) is 37.8 Å². The fraction of sp³-hybridized carbons (Fsp3) is 0.438. The zero-order valence-electron chi connectivity index (χ0n) is 13.4. The van der Waals surface area contributed by atoms with Gasteiger partial charge in [0.05, 0.1) is 11.3 Å². The summed E-state index contributed by atoms with van der Waals surface area (Å²) in [5.74, 6) is 2.18. The highest BCUT2D eigenvalue weighted by molar-refractivity contribution is 7.98. The normalized spacial score (nSPS) is 14.8. The van der Waals surface area contributed by atoms with E-state index in [0.29, 0.717) is 35.5 Å². The number of nitrogens with zero attached hydrogens (tertiary/aromatic N) is 2. The molecule has 2 aromatic rings. The SMILES string of the molecule is Cc1noc(CSc2ccccc2C(=O)NCC(N)C2CC2)n1.Cl. The molecule has 0 bridgehead atoms. The van der Waals surface area contributed by atoms with Crippen LogP contribution in [0.2, 0.25) is 0 Å². The molecule has 1 aromatic heterocycles. The number of halogens is 1. The Morgan fingerprint density at radius 2 is 2.21 bits per heavy atom. The number of rotatable bonds is 7. The second kappa shape index (κ2) is 8.50. The molecule has 3 N–H and O–H groups in total. The van der Waals surface area contributed by atoms with Gasteiger partial charge in [0.25, 0.3) is 5.91 Å². The summed E-state index contributed by atoms with van der Waals surface area (Å²) in [6.07, 6.45) is 2.35. The fourth-order valence-corrected chi connectivity index (χ4v) is 3.20. The van der Waals surface area contributed by atoms with E-state index in [4.69, 9.17) is 10.3 Å². The van der Waals surface area contributed by atoms with Gasteiger partial charge in [-0.15, -0.1) is 24.2 Å². The number of hydrogen-bond donors (Lipinski definition) is 2. The molecule has 3 rings (SSSR count). The molecule has 0 radical (unpaired) electrons. The van der Waals surface area contributed by atoms with E-state index >= 15 is 0 Å². The predicted octanol–water partition coefficient (Wildman–Crippen LogP) is 2.56. The minimum absolute atomic E-state index is 0. The van der Waals surface area contributed by atoms with Crippen molar-refractivity contribution in [3.63, 3.8) is 0 Å². The van der Waals surface area contributed by atoms with Crippen molar-refractivity contribution in [2.24, 2.45) is 11.7 Å². The van der Waals surface area contributed by atoms with Crippen LogP contribution in [-0.2, 0) is 5.75 Å². The van der Waals surface area contributed by atoms with Crippen molar-refractivity contribution in [2.45, 2.75) is 36.5 Å². The summed E-state index contributed by atoms with van der Waals surface area (Å²) in [7, 11) is 0. The minimum atomic E-state index is -0.0918. The first-order valence-electron chi connectivity index (χ1n) is 7.68. The number of nitrogens with one attached hydrogen (secondary N) is 1. The molecule has 1 aliphatic rings. The first-order chi connectivity index (χ1) is 11.1. The van der Waals surface area contributed by atoms with Crippen LogP contribution in [0.4, 0.5) is 0 Å². The van der Waals surface area contributed by atoms with E-state index in [2.05, 4.69) is 15.5 Å². The highest BCUT2D eigenvalue weighted by atomic mass is 35.5. The summed E-state index contributed by atoms with van der Waals surface area (Å²) in [6, 6.07) is 7.56. The molecule has 24 heavy (non-hydrogen) atoms. The van der Waals surface area contributed by atoms with Gasteiger partial charge in [-0.2, -0.15) is 4.98 Å². The molecule has 0 spiro atoms. The average molecular weight is 369 g/mol. The maximum Gasteiger partial charge on any atom is 0.252 e. The van der Waals surface area contributed by atoms with E-state index in [1.165, 1.54) is 24.6 Å². The number of carbonyl (C=O) groups excluding carboxylic acids is 1. The van der Waals surface area contributed by atoms with Crippen LogP contribution in [0, 0.1) is 12.8 Å². The summed E-state index contributed by atoms with van der Waals surface area (Å²) in [5.41, 5.74) is 6.68. The van der Waals surface area contributed by atoms with Gasteiger partial charge in [0.1, 0.15) is 0 Å². The molecule has 1 aliphatic carbocycles. The number of amides is 1. The largest absolute Gasteiger partial charge is 0.350 e. The van der Waals surface area contributed by atoms with Crippen LogP contribution < -0.4 is 11.1 Å². The third-order valence-corrected chi connectivity index (χ3v) is 4.84. The van der Waals surface area contributed by atoms with E-state index in [9.17, 15) is 4.79 Å². The third kappa shape index (κ3) is 4.96. The summed E-state index contributed by atoms with van der Waals surface area (Å²) in [6.45, 7) is 2.30. The third-order valence-electron chi connectivity index (χ3n) is 3.78. The number of benzene rings is 1. The Kier molecular flexibility index (Phi) is 6.65. The molecule has 1 atom stereocenters. The van der Waals surface area contributed by atoms with Crippen LogP contribution in [0.15, 0.2) is 33.7 Å². The van der Waals surface area contributed by atoms with Gasteiger partial charge in [0.2, 0.25) is 5.89 Å². The molecule has 1 unspecified atom stereocenters. The smallest absolute Gasteiger partial charge is 0.252 e. The number of aromatic nitrogens is 2. The minimum Gasteiger partial charge on any atom is -0.350 e. The first kappa shape index (κ1) is 18.8. The fourth-order valence-electron chi connectivity index (χ4n) is 2.32. The summed E-state index contributed by atoms with van der Waals surface area (Å²) >= 11 is 1.51. The Morgan fingerprint density at radius 1 is 1.46 bits per heavy atom. The Balaban J connectivity index is 0.00000208. The van der Waals surface area contributed by atoms with E-state index in [-0.39, 0.29) is 24.4 Å². The van der Waals surface area contributed by atoms with Gasteiger partial charge in [0.15, 0.2) is 5.82 Å². The molecule has 1 aromatic carbocycles. The molecule has 0 saturated heterocycles. The van der Waals surface area contributed by atoms with Crippen molar-refractivity contribution >= 4 is 30.1 Å². The zero-order chi connectivity index (χ0) is 16.2. The number of nitrogens with two attached hydrogens (primary N) is 1. The van der Waals surface area contributed by atoms with Gasteiger partial charge in [-0.25, -0.2) is 0 Å². The van der Waals surface area contributed by atoms with Gasteiger partial charge in [0, 0.05) is 17.5 Å². The molecule has 8 heteroatoms. The van der Waals surface area contributed by atoms with Crippen LogP contribution >= 0.6 is 24.2 Å². The molecule has 1 heterocycles. The van der Waals surface area contributed by atoms with Gasteiger partial charge in [-0.1, -0.05) is 17.3 Å². The number of hydrogen-bond acceptors (Lipinski definition) is 6. The van der Waals surface area contributed by atoms with Gasteiger partial charge in [-0.3, -0.25) is 4.79 Å². The Bertz CT molecular complexity index is 690. The van der Waals surface area contributed by atoms with Crippen molar-refractivity contribution in [2.75, 3.05) is 6.54 Å². The van der Waals surface area contributed by atoms with Gasteiger partial charge >= 0.3 is 0 Å². The monoisotopic (exact) mass is 368 g/mol. The van der Waals surface area contributed by atoms with Crippen molar-refractivity contribution < 1.29 is 9.32 Å². The van der Waals surface area contributed by atoms with Gasteiger partial charge < -0.3 is 15.6 Å². The average Bonchev–Trinajstić information content (AvgIpc) is 3.33. The first-order valence-corrected chi connectivity index (χ1v) is 8.67. The maximum absolute atomic E-state index is 12.4. The number of thioether (sulfide) groups is 1. The number of aryl methyl sites for hydroxylation is 1. The molecular weight excluding hydrogens is 348 g/mol. The zero-order valence-corrected chi connectivity index (χ0v) is 15.0. The molecule has 0 aliphatic heterocycles. The van der Waals surface area contributed by atoms with Crippen molar-refractivity contribution in [3.8, 4) is 0 Å². The summed E-state index contributed by atoms with van der Waals surface area (Å²) in [5, 5.41) is 6.70. The lowest BCUT2D eigenvalue weighted by molar-refractivity contribution is 0.0947. The van der Waals surface area contributed by atoms with Crippen LogP contribution in [0.3, 0.4) is 0 Å². The predicted molar refractivity (Wildman–Crippen MR) is 95.3 cm³/mol. The van der Waals surface area contributed by atoms with E-state index in [1.807, 2.05) is 24.3 Å². The Morgan fingerprint density at radius 3 is 2.88 bits per heavy atom. The van der Waals surface area contributed by atoms with Crippen molar-refractivity contribution in [3.05, 3.63) is 41.5 Å². The highest BCUT2D eigenvalue weighted by Crippen LogP contribution is 2.31. The maximum atomic E-state index is 12.4. The quantitative estimate of drug-likeness (QED) is 0.729. The molecule has 1 saturated carbocycles. The number of carbonyl (C=O) groups is 1. The Labute approximate surface area is 151 Å². The Hall–Kier alpha value is -1.57. The van der Waals surface area contributed by atoms with E-state index in [0.717, 1.165) is 4.90 Å². The van der Waals surface area contributed by atoms with Crippen LogP contribution in [0.5, 0.6) is 0 Å². The lowest BCUT2D eigenvalue weighted by Crippen LogP contribution is -2.38. The summed E-state index contributed by atoms with van der Waals surface area (Å²) < 4.78 is 5.10. The second-order valence-corrected chi connectivity index (χ2v) is 6.75. The standard InChI is InChI=1S/C16H20N4O2S.ClH/c1-10-19-15(22-20-10)9-23-14-5-3-2-4-12(14)16(21)18-8-13(17)11-6-7-11;/h2-5,11,13H,6-9,17H2,1H3,(H,18,21);1H. The van der Waals surface area contributed by atoms with Crippen molar-refractivity contribution in [1.29, 1.82) is 0 Å². The summed E-state index contributed by atoms with van der Waals surface area (Å²) in [4.78, 5) is 17.5. The lowest BCUT2D eigenvalue weighted by atomic mass is 10.2. The van der Waals surface area contributed by atoms with Crippen LogP contribution in [-0.4, -0.2) is 28.6 Å². The molecule has 1 fully saturated rings. The molecule has 130 valence electrons. The lowest BCUT2D eigenvalue weighted by Gasteiger charge is -2.13. The molecular formula is C16H21ClN4O2S. The van der Waals surface area contributed by atoms with E-state index < -0.39 is 0 Å². The van der Waals surface area contributed by atoms with Crippen molar-refractivity contribution in [1.82, 2.24) is 15.5 Å². The molecule has 1 amide bonds. The van der Waals surface area contributed by atoms with Crippen LogP contribution in [0.25, 0.3) is 0 Å². The molecule has 6 nitrogen and oxygen atoms in total. The van der Waals surface area contributed by atoms with E-state index in [1.54, 1.807) is 6.92 Å².